The molecule has 1 heteroatoms. The van der Waals surface area contributed by atoms with E-state index >= 15 is 0 Å². The molecule has 0 nitrogen and oxygen atoms in total. The van der Waals surface area contributed by atoms with Gasteiger partial charge in [0, 0.05) is 10.8 Å². The van der Waals surface area contributed by atoms with Gasteiger partial charge in [-0.3, -0.25) is 0 Å². The van der Waals surface area contributed by atoms with Crippen LogP contribution in [-0.2, 0) is 0 Å². The first-order valence-electron chi connectivity index (χ1n) is 4.76. The second-order valence-electron chi connectivity index (χ2n) is 3.68. The molecule has 1 aromatic rings. The van der Waals surface area contributed by atoms with E-state index < -0.39 is 0 Å². The number of thiophene rings is 1. The molecule has 0 unspecified atom stereocenters. The van der Waals surface area contributed by atoms with E-state index in [4.69, 9.17) is 0 Å². The molecule has 0 aromatic carbocycles. The van der Waals surface area contributed by atoms with Crippen LogP contribution in [0.4, 0.5) is 0 Å². The Balaban J connectivity index is 2.13. The van der Waals surface area contributed by atoms with Gasteiger partial charge in [-0.1, -0.05) is 19.3 Å². The van der Waals surface area contributed by atoms with Gasteiger partial charge in [0.15, 0.2) is 0 Å². The van der Waals surface area contributed by atoms with Crippen molar-refractivity contribution < 1.29 is 0 Å². The Morgan fingerprint density at radius 3 is 2.50 bits per heavy atom. The number of hydrogen-bond acceptors (Lipinski definition) is 1. The van der Waals surface area contributed by atoms with Crippen LogP contribution in [0.2, 0.25) is 0 Å². The van der Waals surface area contributed by atoms with Gasteiger partial charge in [-0.2, -0.15) is 0 Å². The van der Waals surface area contributed by atoms with Gasteiger partial charge in [-0.15, -0.1) is 11.3 Å². The molecule has 64 valence electrons. The van der Waals surface area contributed by atoms with Crippen LogP contribution in [0.5, 0.6) is 0 Å². The zero-order chi connectivity index (χ0) is 8.39. The molecule has 0 aliphatic heterocycles. The highest BCUT2D eigenvalue weighted by molar-refractivity contribution is 7.07. The van der Waals surface area contributed by atoms with Crippen LogP contribution in [0.15, 0.2) is 0 Å². The molecule has 0 atom stereocenters. The number of rotatable bonds is 1. The summed E-state index contributed by atoms with van der Waals surface area (Å²) in [7, 11) is 0. The standard InChI is InChI=1S/C11H14S/c1-9-7-12-8-11(9)10-5-3-2-4-6-10/h10H,2-6H2,1H3. The molecule has 0 amide bonds. The summed E-state index contributed by atoms with van der Waals surface area (Å²) >= 11 is 1.61. The lowest BCUT2D eigenvalue weighted by Gasteiger charge is -2.21. The van der Waals surface area contributed by atoms with Crippen molar-refractivity contribution >= 4 is 11.3 Å². The fourth-order valence-corrected chi connectivity index (χ4v) is 2.81. The Labute approximate surface area is 78.6 Å². The lowest BCUT2D eigenvalue weighted by molar-refractivity contribution is 0.443. The third-order valence-electron chi connectivity index (χ3n) is 2.78. The molecule has 0 saturated heterocycles. The molecule has 0 bridgehead atoms. The van der Waals surface area contributed by atoms with Crippen molar-refractivity contribution in [3.8, 4) is 0 Å². The van der Waals surface area contributed by atoms with Crippen molar-refractivity contribution in [3.05, 3.63) is 21.9 Å². The molecule has 2 radical (unpaired) electrons. The average molecular weight is 178 g/mol. The smallest absolute Gasteiger partial charge is 0.0490 e. The van der Waals surface area contributed by atoms with Crippen LogP contribution in [0.3, 0.4) is 0 Å². The maximum atomic E-state index is 3.36. The van der Waals surface area contributed by atoms with Crippen molar-refractivity contribution in [3.63, 3.8) is 0 Å². The van der Waals surface area contributed by atoms with Gasteiger partial charge in [-0.05, 0) is 36.8 Å². The largest absolute Gasteiger partial charge is 0.133 e. The second kappa shape index (κ2) is 3.61. The number of aryl methyl sites for hydroxylation is 1. The molecular weight excluding hydrogens is 164 g/mol. The highest BCUT2D eigenvalue weighted by atomic mass is 32.1. The van der Waals surface area contributed by atoms with E-state index in [1.165, 1.54) is 43.2 Å². The highest BCUT2D eigenvalue weighted by Crippen LogP contribution is 2.34. The first kappa shape index (κ1) is 8.31. The topological polar surface area (TPSA) is 0 Å². The summed E-state index contributed by atoms with van der Waals surface area (Å²) in [5.74, 6) is 0.807. The molecule has 2 rings (SSSR count). The van der Waals surface area contributed by atoms with Gasteiger partial charge in [0.25, 0.3) is 0 Å². The quantitative estimate of drug-likeness (QED) is 0.615. The summed E-state index contributed by atoms with van der Waals surface area (Å²) < 4.78 is 0. The average Bonchev–Trinajstić information content (AvgIpc) is 2.53. The fraction of sp³-hybridized carbons (Fsp3) is 0.636. The number of hydrogen-bond donors (Lipinski definition) is 0. The lowest BCUT2D eigenvalue weighted by atomic mass is 9.84. The maximum absolute atomic E-state index is 3.36. The third-order valence-corrected chi connectivity index (χ3v) is 3.51. The van der Waals surface area contributed by atoms with Crippen molar-refractivity contribution in [1.82, 2.24) is 0 Å². The van der Waals surface area contributed by atoms with Gasteiger partial charge < -0.3 is 0 Å². The van der Waals surface area contributed by atoms with Gasteiger partial charge >= 0.3 is 0 Å². The predicted octanol–water partition coefficient (Wildman–Crippen LogP) is 3.70. The van der Waals surface area contributed by atoms with Gasteiger partial charge in [0.05, 0.1) is 0 Å². The Hall–Kier alpha value is -0.300. The summed E-state index contributed by atoms with van der Waals surface area (Å²) in [5, 5.41) is 6.61. The Morgan fingerprint density at radius 1 is 1.17 bits per heavy atom. The third kappa shape index (κ3) is 1.56. The van der Waals surface area contributed by atoms with Crippen LogP contribution >= 0.6 is 11.3 Å². The van der Waals surface area contributed by atoms with Crippen molar-refractivity contribution in [2.45, 2.75) is 44.9 Å². The summed E-state index contributed by atoms with van der Waals surface area (Å²) in [4.78, 5) is 0. The lowest BCUT2D eigenvalue weighted by Crippen LogP contribution is -2.04. The first-order chi connectivity index (χ1) is 5.88. The summed E-state index contributed by atoms with van der Waals surface area (Å²) in [6.07, 6.45) is 7.01. The molecule has 1 aliphatic rings. The minimum absolute atomic E-state index is 0.807. The van der Waals surface area contributed by atoms with Crippen molar-refractivity contribution in [2.24, 2.45) is 0 Å². The summed E-state index contributed by atoms with van der Waals surface area (Å²) in [6.45, 7) is 2.16. The van der Waals surface area contributed by atoms with Crippen LogP contribution in [-0.4, -0.2) is 0 Å². The van der Waals surface area contributed by atoms with E-state index in [2.05, 4.69) is 17.7 Å². The normalized spacial score (nSPS) is 19.8. The molecule has 1 aliphatic carbocycles. The molecule has 1 fully saturated rings. The minimum Gasteiger partial charge on any atom is -0.133 e. The van der Waals surface area contributed by atoms with Gasteiger partial charge in [0.1, 0.15) is 0 Å². The molecular formula is C11H14S. The summed E-state index contributed by atoms with van der Waals surface area (Å²) in [6, 6.07) is 0. The zero-order valence-electron chi connectivity index (χ0n) is 7.52. The predicted molar refractivity (Wildman–Crippen MR) is 52.6 cm³/mol. The SMILES string of the molecule is Cc1[c]s[c]c1C1CCCCC1. The molecule has 1 saturated carbocycles. The first-order valence-corrected chi connectivity index (χ1v) is 5.58. The van der Waals surface area contributed by atoms with E-state index in [1.54, 1.807) is 11.3 Å². The summed E-state index contributed by atoms with van der Waals surface area (Å²) in [5.41, 5.74) is 2.80. The van der Waals surface area contributed by atoms with Crippen LogP contribution in [0.1, 0.15) is 49.1 Å². The molecule has 0 spiro atoms. The highest BCUT2D eigenvalue weighted by Gasteiger charge is 2.17. The Bertz CT molecular complexity index is 243. The van der Waals surface area contributed by atoms with E-state index in [1.807, 2.05) is 0 Å². The van der Waals surface area contributed by atoms with Gasteiger partial charge in [-0.25, -0.2) is 0 Å². The van der Waals surface area contributed by atoms with Gasteiger partial charge in [0.2, 0.25) is 0 Å². The van der Waals surface area contributed by atoms with E-state index in [0.29, 0.717) is 0 Å². The Kier molecular flexibility index (Phi) is 2.50. The second-order valence-corrected chi connectivity index (χ2v) is 4.29. The molecule has 1 aromatic heterocycles. The van der Waals surface area contributed by atoms with Crippen LogP contribution in [0, 0.1) is 17.7 Å². The molecule has 12 heavy (non-hydrogen) atoms. The van der Waals surface area contributed by atoms with E-state index in [0.717, 1.165) is 5.92 Å². The fourth-order valence-electron chi connectivity index (χ4n) is 2.07. The monoisotopic (exact) mass is 178 g/mol. The van der Waals surface area contributed by atoms with E-state index in [9.17, 15) is 0 Å². The van der Waals surface area contributed by atoms with Crippen LogP contribution < -0.4 is 0 Å². The Morgan fingerprint density at radius 2 is 1.92 bits per heavy atom. The zero-order valence-corrected chi connectivity index (χ0v) is 8.34. The van der Waals surface area contributed by atoms with E-state index in [-0.39, 0.29) is 0 Å². The molecule has 0 N–H and O–H groups in total. The van der Waals surface area contributed by atoms with Crippen molar-refractivity contribution in [2.75, 3.05) is 0 Å². The van der Waals surface area contributed by atoms with Crippen LogP contribution in [0.25, 0.3) is 0 Å². The van der Waals surface area contributed by atoms with Crippen molar-refractivity contribution in [1.29, 1.82) is 0 Å². The maximum Gasteiger partial charge on any atom is 0.0490 e. The molecule has 1 heterocycles. The minimum atomic E-state index is 0.807.